The van der Waals surface area contributed by atoms with Crippen LogP contribution in [0.2, 0.25) is 0 Å². The third-order valence-electron chi connectivity index (χ3n) is 13.9. The molecule has 45 heavy (non-hydrogen) atoms. The van der Waals surface area contributed by atoms with Crippen molar-refractivity contribution in [2.24, 2.45) is 46.3 Å². The van der Waals surface area contributed by atoms with Crippen molar-refractivity contribution in [3.8, 4) is 0 Å². The van der Waals surface area contributed by atoms with Crippen LogP contribution >= 0.6 is 0 Å². The van der Waals surface area contributed by atoms with Gasteiger partial charge in [0.15, 0.2) is 0 Å². The van der Waals surface area contributed by atoms with Crippen molar-refractivity contribution in [2.75, 3.05) is 19.6 Å². The lowest BCUT2D eigenvalue weighted by molar-refractivity contribution is -0.668. The van der Waals surface area contributed by atoms with Gasteiger partial charge in [0.25, 0.3) is 0 Å². The van der Waals surface area contributed by atoms with E-state index in [1.165, 1.54) is 0 Å². The molecule has 0 radical (unpaired) electrons. The topological polar surface area (TPSA) is 133 Å². The van der Waals surface area contributed by atoms with E-state index in [0.29, 0.717) is 25.2 Å². The van der Waals surface area contributed by atoms with E-state index in [9.17, 15) is 24.9 Å². The third-order valence-corrected chi connectivity index (χ3v) is 13.9. The predicted molar refractivity (Wildman–Crippen MR) is 171 cm³/mol. The van der Waals surface area contributed by atoms with Gasteiger partial charge in [0.2, 0.25) is 5.91 Å². The van der Waals surface area contributed by atoms with Gasteiger partial charge in [0.05, 0.1) is 31.4 Å². The van der Waals surface area contributed by atoms with E-state index in [1.54, 1.807) is 0 Å². The molecule has 0 aromatic heterocycles. The first-order valence-electron chi connectivity index (χ1n) is 17.9. The van der Waals surface area contributed by atoms with Crippen molar-refractivity contribution in [3.05, 3.63) is 35.9 Å². The highest BCUT2D eigenvalue weighted by atomic mass is 16.6. The number of hydrogen-bond donors (Lipinski definition) is 5. The van der Waals surface area contributed by atoms with E-state index < -0.39 is 17.7 Å². The first kappa shape index (κ1) is 32.9. The number of carbonyl (C=O) groups is 2. The molecule has 1 amide bonds. The van der Waals surface area contributed by atoms with Crippen LogP contribution in [0.5, 0.6) is 0 Å². The molecule has 6 rings (SSSR count). The quantitative estimate of drug-likeness (QED) is 0.282. The molecule has 0 spiro atoms. The average Bonchev–Trinajstić information content (AvgIpc) is 3.39. The van der Waals surface area contributed by atoms with Crippen LogP contribution in [0, 0.1) is 46.3 Å². The summed E-state index contributed by atoms with van der Waals surface area (Å²) in [7, 11) is 0. The summed E-state index contributed by atoms with van der Waals surface area (Å²) in [6.45, 7) is 8.48. The van der Waals surface area contributed by atoms with Crippen molar-refractivity contribution >= 4 is 11.9 Å². The summed E-state index contributed by atoms with van der Waals surface area (Å²) >= 11 is 0. The summed E-state index contributed by atoms with van der Waals surface area (Å²) in [6, 6.07) is 9.94. The van der Waals surface area contributed by atoms with Gasteiger partial charge in [0.1, 0.15) is 12.1 Å². The lowest BCUT2D eigenvalue weighted by atomic mass is 9.43. The maximum atomic E-state index is 12.9. The minimum Gasteiger partial charge on any atom is -0.452 e. The molecule has 5 fully saturated rings. The number of nitrogens with two attached hydrogens (primary N) is 1. The van der Waals surface area contributed by atoms with Crippen molar-refractivity contribution in [1.82, 2.24) is 5.32 Å². The molecule has 1 saturated heterocycles. The number of fused-ring (bicyclic) bond motifs is 5. The standard InChI is InChI=1S/C37H56N2O6/c1-23(9-12-32(43)39-22-33(44)45-37(15-17-38-18-16-37)24-7-5-4-6-8-24)27-10-11-28-34-29(21-31(42)36(27,28)3)35(2)14-13-26(40)19-25(35)20-30(34)41/h4-8,23,25-31,34,38,40-42H,9-22H2,1-3H3,(H,39,43)/p+1/t23-,25+,26?,27-,28+,29+,30?,31?,34+,35+,36-/m1/s1. The molecule has 8 heteroatoms. The Morgan fingerprint density at radius 1 is 0.978 bits per heavy atom. The molecule has 1 aromatic carbocycles. The van der Waals surface area contributed by atoms with Crippen molar-refractivity contribution in [1.29, 1.82) is 0 Å². The van der Waals surface area contributed by atoms with E-state index in [0.717, 1.165) is 70.0 Å². The van der Waals surface area contributed by atoms with Crippen LogP contribution in [0.25, 0.3) is 0 Å². The van der Waals surface area contributed by atoms with Gasteiger partial charge >= 0.3 is 5.97 Å². The number of quaternary nitrogens is 1. The van der Waals surface area contributed by atoms with Crippen LogP contribution in [-0.2, 0) is 19.9 Å². The Balaban J connectivity index is 1.04. The first-order chi connectivity index (χ1) is 21.5. The Labute approximate surface area is 269 Å². The van der Waals surface area contributed by atoms with E-state index in [-0.39, 0.29) is 65.1 Å². The van der Waals surface area contributed by atoms with Crippen molar-refractivity contribution in [2.45, 2.75) is 115 Å². The van der Waals surface area contributed by atoms with Crippen LogP contribution in [0.3, 0.4) is 0 Å². The second-order valence-corrected chi connectivity index (χ2v) is 16.0. The Bertz CT molecular complexity index is 1200. The second-order valence-electron chi connectivity index (χ2n) is 16.0. The van der Waals surface area contributed by atoms with E-state index in [4.69, 9.17) is 4.74 Å². The Hall–Kier alpha value is -2.00. The lowest BCUT2D eigenvalue weighted by Gasteiger charge is -2.63. The zero-order valence-electron chi connectivity index (χ0n) is 27.6. The highest BCUT2D eigenvalue weighted by Crippen LogP contribution is 2.68. The number of aliphatic hydroxyl groups excluding tert-OH is 3. The molecule has 250 valence electrons. The van der Waals surface area contributed by atoms with Gasteiger partial charge in [-0.2, -0.15) is 0 Å². The highest BCUT2D eigenvalue weighted by Gasteiger charge is 2.65. The number of rotatable bonds is 8. The summed E-state index contributed by atoms with van der Waals surface area (Å²) in [6.07, 6.45) is 7.46. The number of ether oxygens (including phenoxy) is 1. The number of hydrogen-bond acceptors (Lipinski definition) is 6. The smallest absolute Gasteiger partial charge is 0.326 e. The largest absolute Gasteiger partial charge is 0.452 e. The van der Waals surface area contributed by atoms with Crippen molar-refractivity contribution in [3.63, 3.8) is 0 Å². The summed E-state index contributed by atoms with van der Waals surface area (Å²) in [5.74, 6) is 0.995. The monoisotopic (exact) mass is 625 g/mol. The van der Waals surface area contributed by atoms with Gasteiger partial charge in [-0.3, -0.25) is 9.59 Å². The fraction of sp³-hybridized carbons (Fsp3) is 0.784. The molecule has 0 bridgehead atoms. The molecule has 3 unspecified atom stereocenters. The SMILES string of the molecule is C[C@H](CCC(=O)NCC(=O)OC1(c2ccccc2)CC[NH2+]CC1)[C@H]1CC[C@H]2[C@@H]3C(O)C[C@@H]4CC(O)CC[C@]4(C)[C@H]3CC(O)[C@]12C. The predicted octanol–water partition coefficient (Wildman–Crippen LogP) is 3.28. The van der Waals surface area contributed by atoms with Crippen LogP contribution < -0.4 is 10.6 Å². The molecule has 1 aromatic rings. The molecule has 4 saturated carbocycles. The zero-order chi connectivity index (χ0) is 32.0. The minimum absolute atomic E-state index is 0.0601. The Morgan fingerprint density at radius 2 is 1.71 bits per heavy atom. The number of piperidine rings is 1. The van der Waals surface area contributed by atoms with Gasteiger partial charge in [-0.25, -0.2) is 0 Å². The molecule has 4 aliphatic carbocycles. The lowest BCUT2D eigenvalue weighted by Crippen LogP contribution is -2.87. The number of aliphatic hydroxyl groups is 3. The molecule has 11 atom stereocenters. The zero-order valence-corrected chi connectivity index (χ0v) is 27.6. The van der Waals surface area contributed by atoms with Crippen LogP contribution in [0.15, 0.2) is 30.3 Å². The minimum atomic E-state index is -0.636. The fourth-order valence-electron chi connectivity index (χ4n) is 11.3. The first-order valence-corrected chi connectivity index (χ1v) is 17.9. The van der Waals surface area contributed by atoms with Crippen LogP contribution in [0.4, 0.5) is 0 Å². The highest BCUT2D eigenvalue weighted by molar-refractivity contribution is 5.82. The van der Waals surface area contributed by atoms with Gasteiger partial charge in [-0.15, -0.1) is 0 Å². The summed E-state index contributed by atoms with van der Waals surface area (Å²) in [5.41, 5.74) is 0.147. The molecule has 1 heterocycles. The Morgan fingerprint density at radius 3 is 2.44 bits per heavy atom. The molecule has 1 aliphatic heterocycles. The van der Waals surface area contributed by atoms with Gasteiger partial charge in [-0.05, 0) is 103 Å². The number of benzene rings is 1. The number of nitrogens with one attached hydrogen (secondary N) is 1. The number of esters is 1. The maximum Gasteiger partial charge on any atom is 0.326 e. The van der Waals surface area contributed by atoms with Crippen LogP contribution in [0.1, 0.15) is 97.0 Å². The number of amides is 1. The summed E-state index contributed by atoms with van der Waals surface area (Å²) in [4.78, 5) is 25.9. The number of carbonyl (C=O) groups excluding carboxylic acids is 2. The fourth-order valence-corrected chi connectivity index (χ4v) is 11.3. The third kappa shape index (κ3) is 5.98. The summed E-state index contributed by atoms with van der Waals surface area (Å²) < 4.78 is 6.07. The van der Waals surface area contributed by atoms with Crippen LogP contribution in [-0.4, -0.2) is 65.1 Å². The normalized spacial score (nSPS) is 41.2. The van der Waals surface area contributed by atoms with E-state index >= 15 is 0 Å². The van der Waals surface area contributed by atoms with Crippen molar-refractivity contribution < 1.29 is 35.0 Å². The summed E-state index contributed by atoms with van der Waals surface area (Å²) in [5, 5.41) is 38.8. The second kappa shape index (κ2) is 12.9. The molecular formula is C37H57N2O6+. The van der Waals surface area contributed by atoms with Gasteiger partial charge < -0.3 is 30.7 Å². The van der Waals surface area contributed by atoms with E-state index in [2.05, 4.69) is 31.4 Å². The molecule has 5 aliphatic rings. The van der Waals surface area contributed by atoms with E-state index in [1.807, 2.05) is 30.3 Å². The molecule has 8 nitrogen and oxygen atoms in total. The Kier molecular flexibility index (Phi) is 9.43. The van der Waals surface area contributed by atoms with Gasteiger partial charge in [0, 0.05) is 19.3 Å². The van der Waals surface area contributed by atoms with Gasteiger partial charge in [-0.1, -0.05) is 51.1 Å². The molecule has 6 N–H and O–H groups in total. The maximum absolute atomic E-state index is 12.9. The average molecular weight is 626 g/mol. The molecular weight excluding hydrogens is 568 g/mol.